The van der Waals surface area contributed by atoms with Crippen molar-refractivity contribution < 1.29 is 0 Å². The summed E-state index contributed by atoms with van der Waals surface area (Å²) in [5.41, 5.74) is 6.13. The van der Waals surface area contributed by atoms with Crippen molar-refractivity contribution in [2.24, 2.45) is 0 Å². The molecule has 8 aromatic heterocycles. The largest absolute Gasteiger partial charge is 0.222 e. The smallest absolute Gasteiger partial charge is 0.155 e. The Morgan fingerprint density at radius 3 is 0.841 bits per heavy atom. The summed E-state index contributed by atoms with van der Waals surface area (Å²) < 4.78 is 0. The second kappa shape index (κ2) is 41.4. The summed E-state index contributed by atoms with van der Waals surface area (Å²) >= 11 is 15.7. The highest BCUT2D eigenvalue weighted by Crippen LogP contribution is 2.50. The molecule has 0 unspecified atom stereocenters. The fourth-order valence-electron chi connectivity index (χ4n) is 13.0. The highest BCUT2D eigenvalue weighted by molar-refractivity contribution is 7.33. The summed E-state index contributed by atoms with van der Waals surface area (Å²) in [6.07, 6.45) is 59.6. The van der Waals surface area contributed by atoms with Crippen molar-refractivity contribution in [1.82, 2.24) is 9.97 Å². The molecule has 88 heavy (non-hydrogen) atoms. The van der Waals surface area contributed by atoms with Gasteiger partial charge in [0, 0.05) is 48.8 Å². The minimum absolute atomic E-state index is 1.12. The lowest BCUT2D eigenvalue weighted by Crippen LogP contribution is -1.87. The lowest BCUT2D eigenvalue weighted by molar-refractivity contribution is 0.556. The number of nitrogens with zero attached hydrogens (tertiary/aromatic N) is 2. The number of aryl methyl sites for hydroxylation is 6. The minimum atomic E-state index is 1.12. The van der Waals surface area contributed by atoms with E-state index in [-0.39, 0.29) is 0 Å². The molecule has 0 fully saturated rings. The number of thiophene rings is 6. The van der Waals surface area contributed by atoms with Crippen LogP contribution >= 0.6 is 90.7 Å². The first-order valence-electron chi connectivity index (χ1n) is 36.3. The van der Waals surface area contributed by atoms with Gasteiger partial charge in [-0.25, -0.2) is 9.97 Å². The molecule has 0 aromatic carbocycles. The molecule has 0 amide bonds. The summed E-state index contributed by atoms with van der Waals surface area (Å²) in [6, 6.07) is 19.9. The van der Waals surface area contributed by atoms with Crippen molar-refractivity contribution in [3.63, 3.8) is 0 Å². The van der Waals surface area contributed by atoms with Gasteiger partial charge in [0.05, 0.1) is 9.75 Å². The molecule has 2 nitrogen and oxygen atoms in total. The molecule has 0 bridgehead atoms. The molecule has 0 radical (unpaired) electrons. The van der Waals surface area contributed by atoms with Crippen molar-refractivity contribution in [3.8, 4) is 58.8 Å². The van der Waals surface area contributed by atoms with Crippen LogP contribution < -0.4 is 0 Å². The monoisotopic (exact) mass is 1330 g/mol. The number of fused-ring (bicyclic) bond motifs is 1. The highest BCUT2D eigenvalue weighted by atomic mass is 32.1. The van der Waals surface area contributed by atoms with Gasteiger partial charge in [0.15, 0.2) is 9.66 Å². The van der Waals surface area contributed by atoms with Crippen molar-refractivity contribution in [3.05, 3.63) is 80.5 Å². The maximum atomic E-state index is 5.51. The Bertz CT molecular complexity index is 3090. The summed E-state index contributed by atoms with van der Waals surface area (Å²) in [6.45, 7) is 13.9. The van der Waals surface area contributed by atoms with Gasteiger partial charge < -0.3 is 0 Å². The zero-order valence-corrected chi connectivity index (χ0v) is 62.4. The number of rotatable bonds is 50. The quantitative estimate of drug-likeness (QED) is 0.0355. The van der Waals surface area contributed by atoms with Gasteiger partial charge in [-0.2, -0.15) is 0 Å². The summed E-state index contributed by atoms with van der Waals surface area (Å²) in [5, 5.41) is 2.35. The van der Waals surface area contributed by atoms with Gasteiger partial charge in [-0.1, -0.05) is 282 Å². The van der Waals surface area contributed by atoms with Crippen LogP contribution in [-0.2, 0) is 25.7 Å². The maximum Gasteiger partial charge on any atom is 0.155 e. The Hall–Kier alpha value is -2.28. The molecule has 0 atom stereocenters. The minimum Gasteiger partial charge on any atom is -0.222 e. The molecule has 8 rings (SSSR count). The molecule has 0 aliphatic carbocycles. The molecular formula is C78H114N2S8. The number of thiazole rings is 2. The molecule has 8 heterocycles. The Kier molecular flexibility index (Phi) is 33.7. The van der Waals surface area contributed by atoms with Gasteiger partial charge in [-0.15, -0.1) is 68.0 Å². The van der Waals surface area contributed by atoms with E-state index in [1.807, 2.05) is 79.4 Å². The van der Waals surface area contributed by atoms with Gasteiger partial charge in [-0.05, 0) is 136 Å². The Morgan fingerprint density at radius 1 is 0.239 bits per heavy atom. The Labute approximate surface area is 568 Å². The van der Waals surface area contributed by atoms with E-state index in [9.17, 15) is 0 Å². The van der Waals surface area contributed by atoms with E-state index in [2.05, 4.69) is 101 Å². The first kappa shape index (κ1) is 71.6. The lowest BCUT2D eigenvalue weighted by atomic mass is 10.0. The van der Waals surface area contributed by atoms with E-state index in [4.69, 9.17) is 9.97 Å². The van der Waals surface area contributed by atoms with Crippen LogP contribution in [0.4, 0.5) is 0 Å². The first-order valence-corrected chi connectivity index (χ1v) is 42.8. The molecule has 0 saturated carbocycles. The van der Waals surface area contributed by atoms with Crippen LogP contribution in [0.25, 0.3) is 68.4 Å². The van der Waals surface area contributed by atoms with E-state index in [1.165, 1.54) is 343 Å². The van der Waals surface area contributed by atoms with Crippen molar-refractivity contribution in [2.75, 3.05) is 0 Å². The fraction of sp³-hybridized carbons (Fsp3) is 0.641. The van der Waals surface area contributed by atoms with Gasteiger partial charge >= 0.3 is 0 Å². The number of hydrogen-bond acceptors (Lipinski definition) is 10. The third-order valence-corrected chi connectivity index (χ3v) is 28.0. The molecule has 0 aliphatic heterocycles. The van der Waals surface area contributed by atoms with E-state index < -0.39 is 0 Å². The van der Waals surface area contributed by atoms with Crippen LogP contribution in [0.2, 0.25) is 0 Å². The molecule has 0 N–H and O–H groups in total. The second-order valence-corrected chi connectivity index (χ2v) is 34.8. The SMILES string of the molecule is CCCCCCCCCCCCc1cc(C)sc1-c1ccc(-c2ccc(-c3sc(-c4cc(CCCCCCCCCCCC)c(-c5nc6sc(-c7sc(C)cc7CCCCCCCCCCCC)nc6s5)s4)cc3CCCCCCCCCCCC)s2)s1. The van der Waals surface area contributed by atoms with Crippen LogP contribution in [-0.4, -0.2) is 9.97 Å². The van der Waals surface area contributed by atoms with Gasteiger partial charge in [0.1, 0.15) is 10.0 Å². The predicted octanol–water partition coefficient (Wildman–Crippen LogP) is 30.6. The number of hydrogen-bond donors (Lipinski definition) is 0. The third kappa shape index (κ3) is 23.6. The first-order chi connectivity index (χ1) is 43.3. The van der Waals surface area contributed by atoms with Crippen LogP contribution in [0.15, 0.2) is 48.5 Å². The normalized spacial score (nSPS) is 11.9. The molecular weight excluding hydrogens is 1220 g/mol. The average molecular weight is 1340 g/mol. The van der Waals surface area contributed by atoms with Crippen molar-refractivity contribution >= 4 is 100 Å². The Balaban J connectivity index is 0.986. The van der Waals surface area contributed by atoms with Crippen LogP contribution in [0.5, 0.6) is 0 Å². The summed E-state index contributed by atoms with van der Waals surface area (Å²) in [7, 11) is 0. The molecule has 484 valence electrons. The lowest BCUT2D eigenvalue weighted by Gasteiger charge is -2.04. The van der Waals surface area contributed by atoms with E-state index in [0.29, 0.717) is 0 Å². The van der Waals surface area contributed by atoms with Crippen molar-refractivity contribution in [2.45, 2.75) is 324 Å². The zero-order valence-electron chi connectivity index (χ0n) is 55.9. The molecule has 0 spiro atoms. The van der Waals surface area contributed by atoms with E-state index in [1.54, 1.807) is 11.1 Å². The number of unbranched alkanes of at least 4 members (excludes halogenated alkanes) is 36. The molecule has 0 saturated heterocycles. The molecule has 0 aliphatic rings. The van der Waals surface area contributed by atoms with Gasteiger partial charge in [-0.3, -0.25) is 0 Å². The van der Waals surface area contributed by atoms with Crippen LogP contribution in [0, 0.1) is 13.8 Å². The van der Waals surface area contributed by atoms with Crippen LogP contribution in [0.1, 0.15) is 317 Å². The average Bonchev–Trinajstić information content (AvgIpc) is 2.28. The number of aromatic nitrogens is 2. The standard InChI is InChI=1S/C78H114N2S8/c1-7-11-15-19-23-27-31-35-39-43-47-61-55-59(5)81-71(61)67-53-51-65(83-67)66-52-54-68(84-66)72-63(49-45-41-37-33-29-25-21-17-13-9-3)57-69(85-72)70-58-64(50-46-42-38-34-30-26-22-18-14-10-4)74(86-70)76-80-78-77(88-76)79-75(87-78)73-62(56-60(6)82-73)48-44-40-36-32-28-24-20-16-12-8-2/h51-58H,7-50H2,1-6H3. The fourth-order valence-corrected chi connectivity index (χ4v) is 22.3. The molecule has 10 heteroatoms. The van der Waals surface area contributed by atoms with E-state index >= 15 is 0 Å². The van der Waals surface area contributed by atoms with Crippen LogP contribution in [0.3, 0.4) is 0 Å². The summed E-state index contributed by atoms with van der Waals surface area (Å²) in [5.74, 6) is 0. The predicted molar refractivity (Wildman–Crippen MR) is 407 cm³/mol. The van der Waals surface area contributed by atoms with Crippen molar-refractivity contribution in [1.29, 1.82) is 0 Å². The molecule has 8 aromatic rings. The topological polar surface area (TPSA) is 25.8 Å². The maximum absolute atomic E-state index is 5.51. The van der Waals surface area contributed by atoms with Gasteiger partial charge in [0.2, 0.25) is 0 Å². The summed E-state index contributed by atoms with van der Waals surface area (Å²) in [4.78, 5) is 30.4. The zero-order chi connectivity index (χ0) is 61.4. The van der Waals surface area contributed by atoms with Gasteiger partial charge in [0.25, 0.3) is 0 Å². The Morgan fingerprint density at radius 2 is 0.489 bits per heavy atom. The van der Waals surface area contributed by atoms with E-state index in [0.717, 1.165) is 28.9 Å². The highest BCUT2D eigenvalue weighted by Gasteiger charge is 2.23. The third-order valence-electron chi connectivity index (χ3n) is 18.2. The second-order valence-electron chi connectivity index (χ2n) is 26.1.